The third kappa shape index (κ3) is 33.8. The van der Waals surface area contributed by atoms with Gasteiger partial charge in [-0.1, -0.05) is 189 Å². The molecule has 0 saturated heterocycles. The molecule has 6 atom stereocenters. The highest BCUT2D eigenvalue weighted by molar-refractivity contribution is 7.47. The molecule has 0 spiro atoms. The second-order valence-electron chi connectivity index (χ2n) is 17.3. The molecule has 0 aromatic heterocycles. The molecule has 1 aliphatic carbocycles. The van der Waals surface area contributed by atoms with Crippen LogP contribution in [0.2, 0.25) is 0 Å². The number of ether oxygens (including phenoxy) is 2. The Labute approximate surface area is 393 Å². The zero-order chi connectivity index (χ0) is 47.6. The van der Waals surface area contributed by atoms with E-state index in [1.807, 2.05) is 0 Å². The van der Waals surface area contributed by atoms with Crippen LogP contribution in [-0.2, 0) is 27.9 Å². The molecule has 0 bridgehead atoms. The number of phosphoric acid groups is 1. The molecule has 376 valence electrons. The van der Waals surface area contributed by atoms with Crippen LogP contribution in [0.4, 0.5) is 0 Å². The van der Waals surface area contributed by atoms with Crippen LogP contribution in [0.5, 0.6) is 0 Å². The van der Waals surface area contributed by atoms with Crippen molar-refractivity contribution in [3.63, 3.8) is 0 Å². The Morgan fingerprint density at radius 2 is 0.908 bits per heavy atom. The Bertz CT molecular complexity index is 1350. The van der Waals surface area contributed by atoms with E-state index in [0.29, 0.717) is 13.0 Å². The number of carbonyl (C=O) groups is 1. The lowest BCUT2D eigenvalue weighted by atomic mass is 9.85. The lowest BCUT2D eigenvalue weighted by Gasteiger charge is -2.41. The molecule has 0 radical (unpaired) electrons. The molecular weight excluding hydrogens is 848 g/mol. The lowest BCUT2D eigenvalue weighted by Crippen LogP contribution is -2.64. The summed E-state index contributed by atoms with van der Waals surface area (Å²) in [5.74, 6) is -0.502. The van der Waals surface area contributed by atoms with Crippen LogP contribution in [0, 0.1) is 0 Å². The van der Waals surface area contributed by atoms with Crippen LogP contribution in [0.15, 0.2) is 72.9 Å². The lowest BCUT2D eigenvalue weighted by molar-refractivity contribution is -0.220. The van der Waals surface area contributed by atoms with E-state index in [9.17, 15) is 39.8 Å². The first-order valence-electron chi connectivity index (χ1n) is 25.3. The SMILES string of the molecule is CC/C=C\C/C=C\C/C=C\C/C=C\C/C=C\C/C=C\CCCCCCC(=O)OC(COCCCCCCCCCCCCCCCCC)COP(=O)(O)OC1C(O)C(O)C(O)C(O)C1O. The van der Waals surface area contributed by atoms with Gasteiger partial charge in [0.25, 0.3) is 0 Å². The molecule has 1 fully saturated rings. The zero-order valence-electron chi connectivity index (χ0n) is 40.3. The summed E-state index contributed by atoms with van der Waals surface area (Å²) in [6.07, 6.45) is 42.5. The monoisotopic (exact) mass is 939 g/mol. The summed E-state index contributed by atoms with van der Waals surface area (Å²) in [5.41, 5.74) is 0. The van der Waals surface area contributed by atoms with E-state index >= 15 is 0 Å². The van der Waals surface area contributed by atoms with Crippen molar-refractivity contribution in [2.75, 3.05) is 19.8 Å². The summed E-state index contributed by atoms with van der Waals surface area (Å²) in [6.45, 7) is 4.13. The number of aliphatic hydroxyl groups excluding tert-OH is 5. The molecule has 12 nitrogen and oxygen atoms in total. The van der Waals surface area contributed by atoms with Gasteiger partial charge in [-0.25, -0.2) is 4.57 Å². The maximum Gasteiger partial charge on any atom is 0.472 e. The maximum atomic E-state index is 12.8. The molecule has 65 heavy (non-hydrogen) atoms. The fourth-order valence-electron chi connectivity index (χ4n) is 7.36. The van der Waals surface area contributed by atoms with Crippen LogP contribution < -0.4 is 0 Å². The first-order chi connectivity index (χ1) is 31.5. The van der Waals surface area contributed by atoms with Gasteiger partial charge in [0.15, 0.2) is 0 Å². The number of carbonyl (C=O) groups excluding carboxylic acids is 1. The summed E-state index contributed by atoms with van der Waals surface area (Å²) in [4.78, 5) is 23.2. The third-order valence-electron chi connectivity index (χ3n) is 11.3. The van der Waals surface area contributed by atoms with Gasteiger partial charge in [0, 0.05) is 13.0 Å². The van der Waals surface area contributed by atoms with Gasteiger partial charge >= 0.3 is 13.8 Å². The van der Waals surface area contributed by atoms with Gasteiger partial charge < -0.3 is 39.9 Å². The fourth-order valence-corrected chi connectivity index (χ4v) is 8.33. The molecule has 1 saturated carbocycles. The molecule has 0 aromatic carbocycles. The van der Waals surface area contributed by atoms with Crippen molar-refractivity contribution >= 4 is 13.8 Å². The normalized spacial score (nSPS) is 22.2. The number of allylic oxidation sites excluding steroid dienone is 12. The molecule has 6 unspecified atom stereocenters. The summed E-state index contributed by atoms with van der Waals surface area (Å²) >= 11 is 0. The quantitative estimate of drug-likeness (QED) is 0.0147. The van der Waals surface area contributed by atoms with E-state index < -0.39 is 63.1 Å². The van der Waals surface area contributed by atoms with Crippen LogP contribution in [-0.4, -0.2) is 98.9 Å². The Balaban J connectivity index is 2.38. The molecule has 1 rings (SSSR count). The Morgan fingerprint density at radius 3 is 1.38 bits per heavy atom. The zero-order valence-corrected chi connectivity index (χ0v) is 41.2. The number of hydrogen-bond donors (Lipinski definition) is 6. The predicted octanol–water partition coefficient (Wildman–Crippen LogP) is 11.1. The summed E-state index contributed by atoms with van der Waals surface area (Å²) < 4.78 is 34.2. The van der Waals surface area contributed by atoms with E-state index in [4.69, 9.17) is 18.5 Å². The first kappa shape index (κ1) is 60.8. The van der Waals surface area contributed by atoms with Gasteiger partial charge in [-0.2, -0.15) is 0 Å². The molecule has 0 aliphatic heterocycles. The van der Waals surface area contributed by atoms with Crippen molar-refractivity contribution in [2.45, 2.75) is 230 Å². The van der Waals surface area contributed by atoms with E-state index in [-0.39, 0.29) is 13.0 Å². The highest BCUT2D eigenvalue weighted by Crippen LogP contribution is 2.47. The van der Waals surface area contributed by atoms with Gasteiger partial charge in [0.2, 0.25) is 0 Å². The van der Waals surface area contributed by atoms with Crippen LogP contribution >= 0.6 is 7.82 Å². The molecular formula is C52H91O12P. The summed E-state index contributed by atoms with van der Waals surface area (Å²) in [5, 5.41) is 50.3. The standard InChI is InChI=1S/C52H91O12P/c1-3-5-7-9-11-13-15-17-19-20-21-22-23-24-25-26-27-29-31-33-35-37-39-41-46(53)63-45(44-62-65(59,60)64-52-50(57)48(55)47(54)49(56)51(52)58)43-61-42-40-38-36-34-32-30-28-18-16-14-12-10-8-6-4-2/h5,7,11,13,17,19,21-22,24-25,27,29,45,47-52,54-58H,3-4,6,8-10,12,14-16,18,20,23,26,28,30-44H2,1-2H3,(H,59,60)/b7-5-,13-11-,19-17-,22-21-,25-24-,29-27-. The molecule has 0 heterocycles. The number of unbranched alkanes of at least 4 members (excludes halogenated alkanes) is 18. The number of esters is 1. The van der Waals surface area contributed by atoms with Gasteiger partial charge in [-0.3, -0.25) is 13.8 Å². The van der Waals surface area contributed by atoms with Crippen molar-refractivity contribution in [1.82, 2.24) is 0 Å². The Hall–Kier alpha value is -2.22. The van der Waals surface area contributed by atoms with Crippen molar-refractivity contribution in [3.05, 3.63) is 72.9 Å². The first-order valence-corrected chi connectivity index (χ1v) is 26.8. The van der Waals surface area contributed by atoms with Crippen molar-refractivity contribution in [1.29, 1.82) is 0 Å². The molecule has 6 N–H and O–H groups in total. The maximum absolute atomic E-state index is 12.8. The van der Waals surface area contributed by atoms with E-state index in [2.05, 4.69) is 86.8 Å². The average Bonchev–Trinajstić information content (AvgIpc) is 3.29. The summed E-state index contributed by atoms with van der Waals surface area (Å²) in [7, 11) is -5.03. The number of aliphatic hydroxyl groups is 5. The number of phosphoric ester groups is 1. The van der Waals surface area contributed by atoms with Gasteiger partial charge in [-0.05, 0) is 64.2 Å². The van der Waals surface area contributed by atoms with Crippen LogP contribution in [0.3, 0.4) is 0 Å². The second kappa shape index (κ2) is 41.9. The number of hydrogen-bond acceptors (Lipinski definition) is 11. The van der Waals surface area contributed by atoms with E-state index in [1.54, 1.807) is 0 Å². The minimum atomic E-state index is -5.03. The van der Waals surface area contributed by atoms with Crippen molar-refractivity contribution in [3.8, 4) is 0 Å². The average molecular weight is 939 g/mol. The van der Waals surface area contributed by atoms with Gasteiger partial charge in [-0.15, -0.1) is 0 Å². The van der Waals surface area contributed by atoms with E-state index in [0.717, 1.165) is 83.5 Å². The van der Waals surface area contributed by atoms with Crippen molar-refractivity contribution in [2.24, 2.45) is 0 Å². The van der Waals surface area contributed by atoms with E-state index in [1.165, 1.54) is 77.0 Å². The molecule has 0 aromatic rings. The fraction of sp³-hybridized carbons (Fsp3) is 0.750. The van der Waals surface area contributed by atoms with Gasteiger partial charge in [0.1, 0.15) is 42.7 Å². The number of rotatable bonds is 42. The van der Waals surface area contributed by atoms with Crippen LogP contribution in [0.1, 0.15) is 187 Å². The summed E-state index contributed by atoms with van der Waals surface area (Å²) in [6, 6.07) is 0. The second-order valence-corrected chi connectivity index (χ2v) is 18.7. The smallest absolute Gasteiger partial charge is 0.457 e. The molecule has 13 heteroatoms. The van der Waals surface area contributed by atoms with Crippen molar-refractivity contribution < 1.29 is 58.3 Å². The Kier molecular flexibility index (Phi) is 39.2. The van der Waals surface area contributed by atoms with Gasteiger partial charge in [0.05, 0.1) is 13.2 Å². The van der Waals surface area contributed by atoms with Crippen LogP contribution in [0.25, 0.3) is 0 Å². The molecule has 0 amide bonds. The Morgan fingerprint density at radius 1 is 0.508 bits per heavy atom. The third-order valence-corrected chi connectivity index (χ3v) is 12.3. The highest BCUT2D eigenvalue weighted by atomic mass is 31.2. The largest absolute Gasteiger partial charge is 0.472 e. The topological polar surface area (TPSA) is 192 Å². The highest BCUT2D eigenvalue weighted by Gasteiger charge is 2.51. The minimum Gasteiger partial charge on any atom is -0.457 e. The predicted molar refractivity (Wildman–Crippen MR) is 262 cm³/mol. The molecule has 1 aliphatic rings. The minimum absolute atomic E-state index is 0.0887.